The molecule has 0 aromatic heterocycles. The fourth-order valence-electron chi connectivity index (χ4n) is 2.94. The van der Waals surface area contributed by atoms with E-state index in [0.717, 1.165) is 24.6 Å². The molecule has 2 rings (SSSR count). The van der Waals surface area contributed by atoms with E-state index in [4.69, 9.17) is 5.73 Å². The molecule has 1 aliphatic heterocycles. The Morgan fingerprint density at radius 1 is 1.28 bits per heavy atom. The number of rotatable bonds is 5. The molecule has 136 valence electrons. The van der Waals surface area contributed by atoms with Crippen molar-refractivity contribution < 1.29 is 9.59 Å². The third-order valence-corrected chi connectivity index (χ3v) is 4.26. The van der Waals surface area contributed by atoms with E-state index in [2.05, 4.69) is 27.4 Å². The third-order valence-electron chi connectivity index (χ3n) is 4.26. The lowest BCUT2D eigenvalue weighted by Crippen LogP contribution is -2.45. The van der Waals surface area contributed by atoms with Gasteiger partial charge in [-0.3, -0.25) is 14.6 Å². The zero-order valence-corrected chi connectivity index (χ0v) is 14.9. The maximum atomic E-state index is 11.8. The molecule has 25 heavy (non-hydrogen) atoms. The van der Waals surface area contributed by atoms with E-state index < -0.39 is 5.91 Å². The number of carbonyl (C=O) groups is 2. The maximum Gasteiger partial charge on any atom is 0.251 e. The van der Waals surface area contributed by atoms with E-state index in [0.29, 0.717) is 18.0 Å². The minimum absolute atomic E-state index is 0.160. The number of hydrogen-bond acceptors (Lipinski definition) is 3. The van der Waals surface area contributed by atoms with Crippen LogP contribution in [0.2, 0.25) is 0 Å². The average Bonchev–Trinajstić information content (AvgIpc) is 2.61. The molecule has 7 nitrogen and oxygen atoms in total. The standard InChI is InChI=1S/C18H27N5O2/c1-13-4-3-9-23(12-13)18(20-2)22-10-14-5-7-15(8-6-14)17(25)21-11-16(19)24/h5-8,13H,3-4,9-12H2,1-2H3,(H2,19,24)(H,20,22)(H,21,25). The van der Waals surface area contributed by atoms with Crippen molar-refractivity contribution in [2.75, 3.05) is 26.7 Å². The van der Waals surface area contributed by atoms with Crippen LogP contribution in [-0.2, 0) is 11.3 Å². The van der Waals surface area contributed by atoms with Gasteiger partial charge < -0.3 is 21.3 Å². The van der Waals surface area contributed by atoms with Gasteiger partial charge in [0.1, 0.15) is 0 Å². The molecule has 7 heteroatoms. The van der Waals surface area contributed by atoms with E-state index >= 15 is 0 Å². The van der Waals surface area contributed by atoms with Gasteiger partial charge in [0.05, 0.1) is 6.54 Å². The molecule has 0 radical (unpaired) electrons. The predicted molar refractivity (Wildman–Crippen MR) is 98.1 cm³/mol. The summed E-state index contributed by atoms with van der Waals surface area (Å²) in [6, 6.07) is 7.24. The first-order valence-electron chi connectivity index (χ1n) is 8.60. The topological polar surface area (TPSA) is 99.8 Å². The van der Waals surface area contributed by atoms with Gasteiger partial charge in [-0.25, -0.2) is 0 Å². The highest BCUT2D eigenvalue weighted by Crippen LogP contribution is 2.15. The molecule has 1 fully saturated rings. The van der Waals surface area contributed by atoms with E-state index in [-0.39, 0.29) is 12.5 Å². The molecule has 4 N–H and O–H groups in total. The number of primary amides is 1. The van der Waals surface area contributed by atoms with Gasteiger partial charge in [-0.1, -0.05) is 19.1 Å². The Labute approximate surface area is 148 Å². The Morgan fingerprint density at radius 2 is 2.00 bits per heavy atom. The zero-order chi connectivity index (χ0) is 18.2. The number of carbonyl (C=O) groups excluding carboxylic acids is 2. The van der Waals surface area contributed by atoms with Crippen molar-refractivity contribution in [2.45, 2.75) is 26.3 Å². The second kappa shape index (κ2) is 9.05. The number of likely N-dealkylation sites (tertiary alicyclic amines) is 1. The van der Waals surface area contributed by atoms with Crippen LogP contribution in [0.15, 0.2) is 29.3 Å². The zero-order valence-electron chi connectivity index (χ0n) is 14.9. The SMILES string of the molecule is CN=C(NCc1ccc(C(=O)NCC(N)=O)cc1)N1CCCC(C)C1. The maximum absolute atomic E-state index is 11.8. The highest BCUT2D eigenvalue weighted by Gasteiger charge is 2.19. The fraction of sp³-hybridized carbons (Fsp3) is 0.500. The molecule has 1 aliphatic rings. The van der Waals surface area contributed by atoms with Crippen molar-refractivity contribution in [3.05, 3.63) is 35.4 Å². The quantitative estimate of drug-likeness (QED) is 0.540. The molecule has 1 saturated heterocycles. The molecule has 0 aliphatic carbocycles. The molecular formula is C18H27N5O2. The summed E-state index contributed by atoms with van der Waals surface area (Å²) in [5, 5.41) is 5.85. The molecule has 1 heterocycles. The van der Waals surface area contributed by atoms with Crippen LogP contribution in [0.4, 0.5) is 0 Å². The lowest BCUT2D eigenvalue weighted by molar-refractivity contribution is -0.117. The smallest absolute Gasteiger partial charge is 0.251 e. The molecule has 1 unspecified atom stereocenters. The first kappa shape index (κ1) is 18.8. The number of nitrogens with one attached hydrogen (secondary N) is 2. The largest absolute Gasteiger partial charge is 0.368 e. The summed E-state index contributed by atoms with van der Waals surface area (Å²) in [6.07, 6.45) is 2.46. The lowest BCUT2D eigenvalue weighted by Gasteiger charge is -2.33. The minimum Gasteiger partial charge on any atom is -0.368 e. The van der Waals surface area contributed by atoms with Crippen molar-refractivity contribution >= 4 is 17.8 Å². The number of benzene rings is 1. The van der Waals surface area contributed by atoms with E-state index in [1.807, 2.05) is 12.1 Å². The molecule has 0 spiro atoms. The summed E-state index contributed by atoms with van der Waals surface area (Å²) in [6.45, 7) is 4.80. The molecule has 1 atom stereocenters. The first-order chi connectivity index (χ1) is 12.0. The van der Waals surface area contributed by atoms with Crippen molar-refractivity contribution in [3.8, 4) is 0 Å². The number of nitrogens with two attached hydrogens (primary N) is 1. The molecular weight excluding hydrogens is 318 g/mol. The Kier molecular flexibility index (Phi) is 6.80. The van der Waals surface area contributed by atoms with E-state index in [1.165, 1.54) is 12.8 Å². The van der Waals surface area contributed by atoms with Gasteiger partial charge in [-0.05, 0) is 36.5 Å². The van der Waals surface area contributed by atoms with Crippen molar-refractivity contribution in [1.29, 1.82) is 0 Å². The second-order valence-electron chi connectivity index (χ2n) is 6.44. The lowest BCUT2D eigenvalue weighted by atomic mass is 10.0. The third kappa shape index (κ3) is 5.77. The number of piperidine rings is 1. The van der Waals surface area contributed by atoms with Crippen LogP contribution < -0.4 is 16.4 Å². The monoisotopic (exact) mass is 345 g/mol. The summed E-state index contributed by atoms with van der Waals surface area (Å²) in [7, 11) is 1.80. The summed E-state index contributed by atoms with van der Waals surface area (Å²) in [5.74, 6) is 0.726. The van der Waals surface area contributed by atoms with E-state index in [9.17, 15) is 9.59 Å². The highest BCUT2D eigenvalue weighted by atomic mass is 16.2. The van der Waals surface area contributed by atoms with Crippen molar-refractivity contribution in [1.82, 2.24) is 15.5 Å². The van der Waals surface area contributed by atoms with Crippen LogP contribution in [0.3, 0.4) is 0 Å². The van der Waals surface area contributed by atoms with Crippen LogP contribution in [0.25, 0.3) is 0 Å². The fourth-order valence-corrected chi connectivity index (χ4v) is 2.94. The first-order valence-corrected chi connectivity index (χ1v) is 8.60. The normalized spacial score (nSPS) is 17.9. The van der Waals surface area contributed by atoms with Gasteiger partial charge in [-0.2, -0.15) is 0 Å². The van der Waals surface area contributed by atoms with Crippen LogP contribution in [-0.4, -0.2) is 49.4 Å². The van der Waals surface area contributed by atoms with Crippen molar-refractivity contribution in [2.24, 2.45) is 16.6 Å². The molecule has 2 amide bonds. The highest BCUT2D eigenvalue weighted by molar-refractivity contribution is 5.96. The Bertz CT molecular complexity index is 627. The average molecular weight is 345 g/mol. The second-order valence-corrected chi connectivity index (χ2v) is 6.44. The minimum atomic E-state index is -0.562. The molecule has 1 aromatic carbocycles. The molecule has 0 bridgehead atoms. The van der Waals surface area contributed by atoms with Gasteiger partial charge in [0.15, 0.2) is 5.96 Å². The van der Waals surface area contributed by atoms with Crippen molar-refractivity contribution in [3.63, 3.8) is 0 Å². The summed E-state index contributed by atoms with van der Waals surface area (Å²) >= 11 is 0. The Morgan fingerprint density at radius 3 is 2.60 bits per heavy atom. The van der Waals surface area contributed by atoms with Crippen LogP contribution >= 0.6 is 0 Å². The number of amides is 2. The van der Waals surface area contributed by atoms with E-state index in [1.54, 1.807) is 19.2 Å². The van der Waals surface area contributed by atoms with Crippen LogP contribution in [0, 0.1) is 5.92 Å². The summed E-state index contributed by atoms with van der Waals surface area (Å²) in [4.78, 5) is 29.2. The van der Waals surface area contributed by atoms with Gasteiger partial charge in [0, 0.05) is 32.2 Å². The Hall–Kier alpha value is -2.57. The van der Waals surface area contributed by atoms with Crippen LogP contribution in [0.1, 0.15) is 35.7 Å². The number of guanidine groups is 1. The summed E-state index contributed by atoms with van der Waals surface area (Å²) < 4.78 is 0. The van der Waals surface area contributed by atoms with Gasteiger partial charge in [0.2, 0.25) is 5.91 Å². The number of hydrogen-bond donors (Lipinski definition) is 3. The molecule has 0 saturated carbocycles. The Balaban J connectivity index is 1.88. The number of nitrogens with zero attached hydrogens (tertiary/aromatic N) is 2. The van der Waals surface area contributed by atoms with Crippen LogP contribution in [0.5, 0.6) is 0 Å². The van der Waals surface area contributed by atoms with Gasteiger partial charge in [0.25, 0.3) is 5.91 Å². The molecule has 1 aromatic rings. The summed E-state index contributed by atoms with van der Waals surface area (Å²) in [5.41, 5.74) is 6.57. The predicted octanol–water partition coefficient (Wildman–Crippen LogP) is 0.709. The number of aliphatic imine (C=N–C) groups is 1. The van der Waals surface area contributed by atoms with Gasteiger partial charge in [-0.15, -0.1) is 0 Å². The van der Waals surface area contributed by atoms with Gasteiger partial charge >= 0.3 is 0 Å².